The van der Waals surface area contributed by atoms with Crippen molar-refractivity contribution in [1.29, 1.82) is 0 Å². The van der Waals surface area contributed by atoms with Crippen molar-refractivity contribution in [1.82, 2.24) is 0 Å². The molecule has 0 aliphatic carbocycles. The average Bonchev–Trinajstić information content (AvgIpc) is 2.18. The molecule has 59 valence electrons. The summed E-state index contributed by atoms with van der Waals surface area (Å²) in [5.41, 5.74) is 0.278. The molecule has 1 aromatic carbocycles. The third kappa shape index (κ3) is 1.58. The Morgan fingerprint density at radius 2 is 2.00 bits per heavy atom. The molecular weight excluding hydrogens is 164 g/mol. The maximum Gasteiger partial charge on any atom is 0.248 e. The first kappa shape index (κ1) is 9.05. The van der Waals surface area contributed by atoms with E-state index in [9.17, 15) is 0 Å². The summed E-state index contributed by atoms with van der Waals surface area (Å²) in [4.78, 5) is 0. The van der Waals surface area contributed by atoms with Crippen molar-refractivity contribution in [3.63, 3.8) is 0 Å². The summed E-state index contributed by atoms with van der Waals surface area (Å²) in [6.07, 6.45) is 5.34. The van der Waals surface area contributed by atoms with Crippen LogP contribution in [0.4, 0.5) is 0 Å². The SMILES string of the molecule is C#CC(C)(O[Si])c1ccccc1. The molecule has 2 heteroatoms. The standard InChI is InChI=1S/C10H9OSi/c1-3-10(2,11-12)9-7-5-4-6-8-9/h1,4-8H,2H3. The second-order valence-electron chi connectivity index (χ2n) is 2.65. The van der Waals surface area contributed by atoms with E-state index in [2.05, 4.69) is 16.4 Å². The van der Waals surface area contributed by atoms with Gasteiger partial charge in [0.2, 0.25) is 10.5 Å². The first-order valence-electron chi connectivity index (χ1n) is 3.61. The molecule has 0 N–H and O–H groups in total. The fraction of sp³-hybridized carbons (Fsp3) is 0.200. The fourth-order valence-corrected chi connectivity index (χ4v) is 1.10. The van der Waals surface area contributed by atoms with Gasteiger partial charge < -0.3 is 4.43 Å². The van der Waals surface area contributed by atoms with Gasteiger partial charge in [0.1, 0.15) is 5.60 Å². The Kier molecular flexibility index (Phi) is 2.69. The quantitative estimate of drug-likeness (QED) is 0.488. The third-order valence-corrected chi connectivity index (χ3v) is 2.21. The van der Waals surface area contributed by atoms with Crippen molar-refractivity contribution >= 4 is 10.5 Å². The van der Waals surface area contributed by atoms with Gasteiger partial charge in [-0.05, 0) is 12.5 Å². The van der Waals surface area contributed by atoms with Crippen LogP contribution in [0.2, 0.25) is 0 Å². The molecule has 0 heterocycles. The summed E-state index contributed by atoms with van der Waals surface area (Å²) in [5, 5.41) is 0. The first-order valence-corrected chi connectivity index (χ1v) is 4.02. The van der Waals surface area contributed by atoms with Crippen LogP contribution in [0.15, 0.2) is 30.3 Å². The third-order valence-electron chi connectivity index (χ3n) is 1.80. The smallest absolute Gasteiger partial charge is 0.248 e. The summed E-state index contributed by atoms with van der Waals surface area (Å²) in [6.45, 7) is 1.83. The molecule has 3 radical (unpaired) electrons. The molecule has 0 fully saturated rings. The van der Waals surface area contributed by atoms with Gasteiger partial charge in [-0.2, -0.15) is 0 Å². The van der Waals surface area contributed by atoms with Crippen LogP contribution in [0.3, 0.4) is 0 Å². The largest absolute Gasteiger partial charge is 0.399 e. The average molecular weight is 173 g/mol. The Morgan fingerprint density at radius 1 is 1.42 bits per heavy atom. The van der Waals surface area contributed by atoms with Gasteiger partial charge in [0, 0.05) is 0 Å². The number of hydrogen-bond donors (Lipinski definition) is 0. The minimum absolute atomic E-state index is 0.682. The summed E-state index contributed by atoms with van der Waals surface area (Å²) in [5.74, 6) is 2.57. The van der Waals surface area contributed by atoms with Crippen LogP contribution in [0, 0.1) is 12.3 Å². The Bertz CT molecular complexity index is 288. The van der Waals surface area contributed by atoms with E-state index in [-0.39, 0.29) is 0 Å². The predicted octanol–water partition coefficient (Wildman–Crippen LogP) is 1.64. The van der Waals surface area contributed by atoms with E-state index in [1.165, 1.54) is 0 Å². The lowest BCUT2D eigenvalue weighted by Crippen LogP contribution is -2.22. The lowest BCUT2D eigenvalue weighted by Gasteiger charge is -2.22. The predicted molar refractivity (Wildman–Crippen MR) is 49.5 cm³/mol. The maximum absolute atomic E-state index is 5.34. The van der Waals surface area contributed by atoms with Gasteiger partial charge in [0.25, 0.3) is 0 Å². The zero-order valence-corrected chi connectivity index (χ0v) is 7.87. The van der Waals surface area contributed by atoms with E-state index in [1.807, 2.05) is 37.3 Å². The van der Waals surface area contributed by atoms with Crippen LogP contribution >= 0.6 is 0 Å². The summed E-state index contributed by atoms with van der Waals surface area (Å²) in [7, 11) is 2.97. The van der Waals surface area contributed by atoms with Gasteiger partial charge in [0.15, 0.2) is 0 Å². The lowest BCUT2D eigenvalue weighted by atomic mass is 9.97. The molecule has 0 bridgehead atoms. The number of benzene rings is 1. The molecule has 0 aromatic heterocycles. The van der Waals surface area contributed by atoms with E-state index < -0.39 is 5.60 Å². The van der Waals surface area contributed by atoms with Gasteiger partial charge in [-0.15, -0.1) is 6.42 Å². The van der Waals surface area contributed by atoms with Crippen molar-refractivity contribution in [3.05, 3.63) is 35.9 Å². The van der Waals surface area contributed by atoms with Crippen molar-refractivity contribution in [3.8, 4) is 12.3 Å². The highest BCUT2D eigenvalue weighted by Gasteiger charge is 2.21. The van der Waals surface area contributed by atoms with Gasteiger partial charge >= 0.3 is 0 Å². The topological polar surface area (TPSA) is 9.23 Å². The van der Waals surface area contributed by atoms with Crippen LogP contribution < -0.4 is 0 Å². The molecule has 1 aromatic rings. The van der Waals surface area contributed by atoms with Gasteiger partial charge in [-0.3, -0.25) is 0 Å². The number of rotatable bonds is 2. The molecule has 0 saturated heterocycles. The summed E-state index contributed by atoms with van der Waals surface area (Å²) >= 11 is 0. The van der Waals surface area contributed by atoms with Crippen LogP contribution in [0.5, 0.6) is 0 Å². The second-order valence-corrected chi connectivity index (χ2v) is 2.85. The zero-order chi connectivity index (χ0) is 9.03. The number of terminal acetylenes is 1. The summed E-state index contributed by atoms with van der Waals surface area (Å²) in [6, 6.07) is 9.65. The molecule has 0 amide bonds. The number of hydrogen-bond acceptors (Lipinski definition) is 1. The maximum atomic E-state index is 5.34. The Morgan fingerprint density at radius 3 is 2.42 bits per heavy atom. The van der Waals surface area contributed by atoms with Gasteiger partial charge in [0.05, 0.1) is 0 Å². The highest BCUT2D eigenvalue weighted by atomic mass is 28.2. The van der Waals surface area contributed by atoms with Gasteiger partial charge in [-0.1, -0.05) is 36.3 Å². The molecule has 1 rings (SSSR count). The highest BCUT2D eigenvalue weighted by Crippen LogP contribution is 2.22. The van der Waals surface area contributed by atoms with E-state index >= 15 is 0 Å². The van der Waals surface area contributed by atoms with Crippen LogP contribution in [0.1, 0.15) is 12.5 Å². The molecule has 1 unspecified atom stereocenters. The van der Waals surface area contributed by atoms with Crippen molar-refractivity contribution in [2.45, 2.75) is 12.5 Å². The molecule has 1 atom stereocenters. The van der Waals surface area contributed by atoms with Crippen LogP contribution in [-0.4, -0.2) is 10.5 Å². The molecule has 1 nitrogen and oxygen atoms in total. The van der Waals surface area contributed by atoms with Crippen molar-refractivity contribution in [2.24, 2.45) is 0 Å². The fourth-order valence-electron chi connectivity index (χ4n) is 0.928. The Balaban J connectivity index is 3.06. The summed E-state index contributed by atoms with van der Waals surface area (Å²) < 4.78 is 5.04. The zero-order valence-electron chi connectivity index (χ0n) is 6.87. The van der Waals surface area contributed by atoms with E-state index in [0.29, 0.717) is 0 Å². The minimum atomic E-state index is -0.682. The Labute approximate surface area is 76.3 Å². The molecular formula is C10H9OSi. The molecule has 0 spiro atoms. The normalized spacial score (nSPS) is 14.8. The lowest BCUT2D eigenvalue weighted by molar-refractivity contribution is 0.170. The van der Waals surface area contributed by atoms with E-state index in [0.717, 1.165) is 5.56 Å². The van der Waals surface area contributed by atoms with Crippen LogP contribution in [0.25, 0.3) is 0 Å². The van der Waals surface area contributed by atoms with Gasteiger partial charge in [-0.25, -0.2) is 0 Å². The minimum Gasteiger partial charge on any atom is -0.399 e. The molecule has 0 saturated carbocycles. The van der Waals surface area contributed by atoms with Crippen molar-refractivity contribution in [2.75, 3.05) is 0 Å². The second kappa shape index (κ2) is 3.57. The van der Waals surface area contributed by atoms with Crippen molar-refractivity contribution < 1.29 is 4.43 Å². The first-order chi connectivity index (χ1) is 5.73. The Hall–Kier alpha value is -1.04. The van der Waals surface area contributed by atoms with Crippen LogP contribution in [-0.2, 0) is 10.0 Å². The molecule has 12 heavy (non-hydrogen) atoms. The highest BCUT2D eigenvalue weighted by molar-refractivity contribution is 5.98. The molecule has 0 aliphatic heterocycles. The van der Waals surface area contributed by atoms with E-state index in [1.54, 1.807) is 0 Å². The monoisotopic (exact) mass is 173 g/mol. The van der Waals surface area contributed by atoms with E-state index in [4.69, 9.17) is 10.8 Å². The molecule has 0 aliphatic rings.